The molecular formula is C15H17N3OS. The number of ether oxygens (including phenoxy) is 1. The molecule has 104 valence electrons. The van der Waals surface area contributed by atoms with E-state index in [9.17, 15) is 0 Å². The van der Waals surface area contributed by atoms with Gasteiger partial charge in [0, 0.05) is 17.4 Å². The van der Waals surface area contributed by atoms with E-state index in [-0.39, 0.29) is 0 Å². The summed E-state index contributed by atoms with van der Waals surface area (Å²) in [6.45, 7) is 3.91. The lowest BCUT2D eigenvalue weighted by Crippen LogP contribution is -2.15. The van der Waals surface area contributed by atoms with Gasteiger partial charge in [-0.05, 0) is 37.6 Å². The standard InChI is InChI=1S/C15H17N3OS/c1-9-7-10(2)17-15(13(9)14(16)20)18-11-5-4-6-12(8-11)19-3/h4-8H,1-3H3,(H2,16,20)(H,17,18). The number of hydrogen-bond donors (Lipinski definition) is 2. The van der Waals surface area contributed by atoms with Crippen LogP contribution < -0.4 is 15.8 Å². The summed E-state index contributed by atoms with van der Waals surface area (Å²) < 4.78 is 5.21. The van der Waals surface area contributed by atoms with Crippen LogP contribution in [0.3, 0.4) is 0 Å². The first-order valence-electron chi connectivity index (χ1n) is 6.20. The normalized spacial score (nSPS) is 10.2. The van der Waals surface area contributed by atoms with Crippen LogP contribution in [0.25, 0.3) is 0 Å². The van der Waals surface area contributed by atoms with Crippen molar-refractivity contribution in [2.75, 3.05) is 12.4 Å². The Hall–Kier alpha value is -2.14. The largest absolute Gasteiger partial charge is 0.497 e. The van der Waals surface area contributed by atoms with E-state index in [0.717, 1.165) is 28.3 Å². The third-order valence-corrected chi connectivity index (χ3v) is 3.13. The monoisotopic (exact) mass is 287 g/mol. The van der Waals surface area contributed by atoms with Crippen molar-refractivity contribution in [3.8, 4) is 5.75 Å². The van der Waals surface area contributed by atoms with E-state index >= 15 is 0 Å². The van der Waals surface area contributed by atoms with Crippen LogP contribution in [0.2, 0.25) is 0 Å². The molecular weight excluding hydrogens is 270 g/mol. The Morgan fingerprint density at radius 2 is 2.05 bits per heavy atom. The van der Waals surface area contributed by atoms with Gasteiger partial charge in [0.2, 0.25) is 0 Å². The molecule has 4 nitrogen and oxygen atoms in total. The number of methoxy groups -OCH3 is 1. The third-order valence-electron chi connectivity index (χ3n) is 2.92. The van der Waals surface area contributed by atoms with Gasteiger partial charge in [-0.15, -0.1) is 0 Å². The van der Waals surface area contributed by atoms with Crippen LogP contribution in [-0.2, 0) is 0 Å². The molecule has 2 rings (SSSR count). The second-order valence-corrected chi connectivity index (χ2v) is 4.97. The number of nitrogens with zero attached hydrogens (tertiary/aromatic N) is 1. The van der Waals surface area contributed by atoms with Crippen molar-refractivity contribution in [2.45, 2.75) is 13.8 Å². The first-order valence-corrected chi connectivity index (χ1v) is 6.61. The molecule has 1 heterocycles. The number of aryl methyl sites for hydroxylation is 2. The molecule has 0 unspecified atom stereocenters. The van der Waals surface area contributed by atoms with Crippen molar-refractivity contribution in [1.29, 1.82) is 0 Å². The van der Waals surface area contributed by atoms with Crippen molar-refractivity contribution in [1.82, 2.24) is 4.98 Å². The lowest BCUT2D eigenvalue weighted by molar-refractivity contribution is 0.415. The van der Waals surface area contributed by atoms with Crippen LogP contribution in [0, 0.1) is 13.8 Å². The predicted molar refractivity (Wildman–Crippen MR) is 85.9 cm³/mol. The van der Waals surface area contributed by atoms with Crippen LogP contribution in [0.4, 0.5) is 11.5 Å². The highest BCUT2D eigenvalue weighted by molar-refractivity contribution is 7.80. The fourth-order valence-electron chi connectivity index (χ4n) is 2.08. The number of rotatable bonds is 4. The minimum Gasteiger partial charge on any atom is -0.497 e. The molecule has 1 aromatic heterocycles. The maximum absolute atomic E-state index is 5.80. The first kappa shape index (κ1) is 14.3. The molecule has 0 saturated heterocycles. The van der Waals surface area contributed by atoms with E-state index in [0.29, 0.717) is 10.8 Å². The number of benzene rings is 1. The molecule has 5 heteroatoms. The van der Waals surface area contributed by atoms with Crippen molar-refractivity contribution in [3.63, 3.8) is 0 Å². The number of aromatic nitrogens is 1. The second kappa shape index (κ2) is 5.88. The van der Waals surface area contributed by atoms with E-state index in [1.807, 2.05) is 44.2 Å². The molecule has 2 aromatic rings. The minimum absolute atomic E-state index is 0.334. The Morgan fingerprint density at radius 3 is 2.70 bits per heavy atom. The second-order valence-electron chi connectivity index (χ2n) is 4.53. The van der Waals surface area contributed by atoms with Crippen LogP contribution in [0.1, 0.15) is 16.8 Å². The zero-order valence-corrected chi connectivity index (χ0v) is 12.5. The van der Waals surface area contributed by atoms with Crippen molar-refractivity contribution in [2.24, 2.45) is 5.73 Å². The Morgan fingerprint density at radius 1 is 1.30 bits per heavy atom. The molecule has 0 saturated carbocycles. The van der Waals surface area contributed by atoms with Gasteiger partial charge in [-0.2, -0.15) is 0 Å². The van der Waals surface area contributed by atoms with Gasteiger partial charge in [-0.3, -0.25) is 0 Å². The third kappa shape index (κ3) is 3.05. The lowest BCUT2D eigenvalue weighted by Gasteiger charge is -2.14. The molecule has 0 spiro atoms. The summed E-state index contributed by atoms with van der Waals surface area (Å²) in [6, 6.07) is 9.58. The van der Waals surface area contributed by atoms with Crippen molar-refractivity contribution >= 4 is 28.7 Å². The fourth-order valence-corrected chi connectivity index (χ4v) is 2.33. The van der Waals surface area contributed by atoms with Gasteiger partial charge in [0.25, 0.3) is 0 Å². The number of nitrogens with two attached hydrogens (primary N) is 1. The molecule has 0 aliphatic heterocycles. The van der Waals surface area contributed by atoms with E-state index in [1.54, 1.807) is 7.11 Å². The van der Waals surface area contributed by atoms with E-state index in [2.05, 4.69) is 10.3 Å². The maximum atomic E-state index is 5.80. The summed E-state index contributed by atoms with van der Waals surface area (Å²) in [4.78, 5) is 4.82. The van der Waals surface area contributed by atoms with Gasteiger partial charge in [0.1, 0.15) is 16.6 Å². The van der Waals surface area contributed by atoms with E-state index in [1.165, 1.54) is 0 Å². The number of thiocarbonyl (C=S) groups is 1. The maximum Gasteiger partial charge on any atom is 0.141 e. The highest BCUT2D eigenvalue weighted by Gasteiger charge is 2.11. The first-order chi connectivity index (χ1) is 9.51. The van der Waals surface area contributed by atoms with Gasteiger partial charge in [0.05, 0.1) is 12.7 Å². The summed E-state index contributed by atoms with van der Waals surface area (Å²) in [5.74, 6) is 1.44. The molecule has 0 fully saturated rings. The number of pyridine rings is 1. The minimum atomic E-state index is 0.334. The molecule has 0 atom stereocenters. The number of anilines is 2. The van der Waals surface area contributed by atoms with Gasteiger partial charge in [-0.1, -0.05) is 18.3 Å². The molecule has 0 aliphatic carbocycles. The fraction of sp³-hybridized carbons (Fsp3) is 0.200. The van der Waals surface area contributed by atoms with Crippen LogP contribution in [-0.4, -0.2) is 17.1 Å². The van der Waals surface area contributed by atoms with Gasteiger partial charge in [-0.25, -0.2) is 4.98 Å². The molecule has 0 bridgehead atoms. The zero-order chi connectivity index (χ0) is 14.7. The number of nitrogens with one attached hydrogen (secondary N) is 1. The van der Waals surface area contributed by atoms with E-state index < -0.39 is 0 Å². The summed E-state index contributed by atoms with van der Waals surface area (Å²) in [5.41, 5.74) is 9.37. The average molecular weight is 287 g/mol. The molecule has 3 N–H and O–H groups in total. The highest BCUT2D eigenvalue weighted by atomic mass is 32.1. The Balaban J connectivity index is 2.44. The summed E-state index contributed by atoms with van der Waals surface area (Å²) in [5, 5.41) is 3.25. The van der Waals surface area contributed by atoms with Crippen LogP contribution in [0.5, 0.6) is 5.75 Å². The molecule has 20 heavy (non-hydrogen) atoms. The number of hydrogen-bond acceptors (Lipinski definition) is 4. The topological polar surface area (TPSA) is 60.2 Å². The Bertz CT molecular complexity index is 656. The Labute approximate surface area is 124 Å². The summed E-state index contributed by atoms with van der Waals surface area (Å²) >= 11 is 5.12. The van der Waals surface area contributed by atoms with Gasteiger partial charge in [0.15, 0.2) is 0 Å². The summed E-state index contributed by atoms with van der Waals surface area (Å²) in [6.07, 6.45) is 0. The molecule has 0 aliphatic rings. The predicted octanol–water partition coefficient (Wildman–Crippen LogP) is 3.08. The lowest BCUT2D eigenvalue weighted by atomic mass is 10.1. The average Bonchev–Trinajstić information content (AvgIpc) is 2.37. The van der Waals surface area contributed by atoms with Gasteiger partial charge >= 0.3 is 0 Å². The SMILES string of the molecule is COc1cccc(Nc2nc(C)cc(C)c2C(N)=S)c1. The smallest absolute Gasteiger partial charge is 0.141 e. The van der Waals surface area contributed by atoms with Crippen molar-refractivity contribution < 1.29 is 4.74 Å². The molecule has 1 aromatic carbocycles. The summed E-state index contributed by atoms with van der Waals surface area (Å²) in [7, 11) is 1.63. The highest BCUT2D eigenvalue weighted by Crippen LogP contribution is 2.25. The van der Waals surface area contributed by atoms with Crippen LogP contribution in [0.15, 0.2) is 30.3 Å². The van der Waals surface area contributed by atoms with Crippen LogP contribution >= 0.6 is 12.2 Å². The van der Waals surface area contributed by atoms with E-state index in [4.69, 9.17) is 22.7 Å². The quantitative estimate of drug-likeness (QED) is 0.846. The molecule has 0 radical (unpaired) electrons. The molecule has 0 amide bonds. The van der Waals surface area contributed by atoms with Crippen molar-refractivity contribution in [3.05, 3.63) is 47.2 Å². The zero-order valence-electron chi connectivity index (χ0n) is 11.7. The van der Waals surface area contributed by atoms with Gasteiger partial charge < -0.3 is 15.8 Å². The Kier molecular flexibility index (Phi) is 4.20.